The maximum atomic E-state index is 12.3. The number of benzene rings is 2. The Balaban J connectivity index is 1.60. The average molecular weight is 325 g/mol. The van der Waals surface area contributed by atoms with Gasteiger partial charge in [-0.05, 0) is 23.3 Å². The van der Waals surface area contributed by atoms with E-state index in [1.807, 2.05) is 54.6 Å². The predicted molar refractivity (Wildman–Crippen MR) is 88.4 cm³/mol. The molecule has 0 spiro atoms. The molecule has 124 valence electrons. The van der Waals surface area contributed by atoms with Crippen LogP contribution in [-0.2, 0) is 27.5 Å². The fourth-order valence-electron chi connectivity index (χ4n) is 2.72. The van der Waals surface area contributed by atoms with Gasteiger partial charge in [-0.3, -0.25) is 4.79 Å². The molecule has 2 atom stereocenters. The van der Waals surface area contributed by atoms with E-state index in [1.54, 1.807) is 7.11 Å². The molecule has 1 saturated heterocycles. The highest BCUT2D eigenvalue weighted by Crippen LogP contribution is 2.26. The Morgan fingerprint density at radius 2 is 1.75 bits per heavy atom. The van der Waals surface area contributed by atoms with Crippen molar-refractivity contribution in [1.29, 1.82) is 0 Å². The third-order valence-electron chi connectivity index (χ3n) is 4.12. The van der Waals surface area contributed by atoms with Gasteiger partial charge in [0.15, 0.2) is 6.10 Å². The van der Waals surface area contributed by atoms with Crippen LogP contribution in [0.25, 0.3) is 0 Å². The first kappa shape index (κ1) is 16.2. The number of hydrogen-bond acceptors (Lipinski definition) is 4. The molecule has 5 heteroatoms. The monoisotopic (exact) mass is 325 g/mol. The van der Waals surface area contributed by atoms with E-state index < -0.39 is 12.1 Å². The maximum absolute atomic E-state index is 12.3. The molecule has 3 rings (SSSR count). The van der Waals surface area contributed by atoms with E-state index in [1.165, 1.54) is 4.90 Å². The first-order valence-electron chi connectivity index (χ1n) is 7.77. The molecule has 1 fully saturated rings. The molecule has 0 saturated carbocycles. The summed E-state index contributed by atoms with van der Waals surface area (Å²) in [7, 11) is 1.60. The van der Waals surface area contributed by atoms with Crippen molar-refractivity contribution in [3.05, 3.63) is 65.7 Å². The summed E-state index contributed by atoms with van der Waals surface area (Å²) in [5.74, 6) is 0.601. The summed E-state index contributed by atoms with van der Waals surface area (Å²) in [6, 6.07) is 16.5. The zero-order chi connectivity index (χ0) is 16.9. The molecular weight excluding hydrogens is 306 g/mol. The third-order valence-corrected chi connectivity index (χ3v) is 4.12. The van der Waals surface area contributed by atoms with Crippen LogP contribution in [0, 0.1) is 0 Å². The second kappa shape index (κ2) is 7.27. The predicted octanol–water partition coefficient (Wildman–Crippen LogP) is 2.19. The normalized spacial score (nSPS) is 19.7. The maximum Gasteiger partial charge on any atom is 0.255 e. The topological polar surface area (TPSA) is 55.8 Å². The van der Waals surface area contributed by atoms with E-state index in [0.717, 1.165) is 23.2 Å². The molecule has 0 unspecified atom stereocenters. The van der Waals surface area contributed by atoms with E-state index in [9.17, 15) is 9.59 Å². The van der Waals surface area contributed by atoms with Gasteiger partial charge in [-0.25, -0.2) is 0 Å². The molecule has 2 aromatic carbocycles. The molecule has 24 heavy (non-hydrogen) atoms. The summed E-state index contributed by atoms with van der Waals surface area (Å²) in [6.07, 6.45) is 0.0848. The molecule has 1 heterocycles. The van der Waals surface area contributed by atoms with Crippen LogP contribution in [0.3, 0.4) is 0 Å². The summed E-state index contributed by atoms with van der Waals surface area (Å²) in [5, 5.41) is 0. The lowest BCUT2D eigenvalue weighted by molar-refractivity contribution is -0.177. The molecule has 0 aromatic heterocycles. The van der Waals surface area contributed by atoms with E-state index >= 15 is 0 Å². The van der Waals surface area contributed by atoms with Crippen LogP contribution in [-0.4, -0.2) is 36.3 Å². The van der Waals surface area contributed by atoms with Crippen LogP contribution in [0.15, 0.2) is 54.6 Å². The number of methoxy groups -OCH3 is 1. The lowest BCUT2D eigenvalue weighted by Gasteiger charge is -2.43. The van der Waals surface area contributed by atoms with Gasteiger partial charge >= 0.3 is 0 Å². The first-order valence-corrected chi connectivity index (χ1v) is 7.77. The van der Waals surface area contributed by atoms with Crippen LogP contribution >= 0.6 is 0 Å². The molecule has 0 aliphatic carbocycles. The second-order valence-corrected chi connectivity index (χ2v) is 5.66. The number of hydrogen-bond donors (Lipinski definition) is 0. The number of nitrogens with zero attached hydrogens (tertiary/aromatic N) is 1. The van der Waals surface area contributed by atoms with Gasteiger partial charge in [0.1, 0.15) is 18.1 Å². The summed E-state index contributed by atoms with van der Waals surface area (Å²) in [4.78, 5) is 25.2. The molecule has 1 aliphatic heterocycles. The number of carbonyl (C=O) groups excluding carboxylic acids is 2. The zero-order valence-corrected chi connectivity index (χ0v) is 13.4. The van der Waals surface area contributed by atoms with E-state index in [4.69, 9.17) is 9.47 Å². The Bertz CT molecular complexity index is 699. The average Bonchev–Trinajstić information content (AvgIpc) is 2.64. The minimum atomic E-state index is -0.694. The molecule has 0 bridgehead atoms. The standard InChI is InChI=1S/C19H19NO4/c1-23-16-9-7-14(8-10-16)11-20-17(12-21)18(19(20)22)24-13-15-5-3-2-4-6-15/h2-10,12,17-18H,11,13H2,1H3/t17-,18+/m0/s1. The van der Waals surface area contributed by atoms with E-state index in [0.29, 0.717) is 13.2 Å². The minimum absolute atomic E-state index is 0.154. The molecule has 1 amide bonds. The molecule has 0 N–H and O–H groups in total. The number of amides is 1. The van der Waals surface area contributed by atoms with Crippen molar-refractivity contribution in [2.45, 2.75) is 25.3 Å². The number of likely N-dealkylation sites (tertiary alicyclic amines) is 1. The summed E-state index contributed by atoms with van der Waals surface area (Å²) in [6.45, 7) is 0.704. The van der Waals surface area contributed by atoms with Gasteiger partial charge in [-0.2, -0.15) is 0 Å². The number of rotatable bonds is 7. The van der Waals surface area contributed by atoms with Crippen molar-refractivity contribution < 1.29 is 19.1 Å². The van der Waals surface area contributed by atoms with Gasteiger partial charge in [-0.15, -0.1) is 0 Å². The SMILES string of the molecule is COc1ccc(CN2C(=O)[C@H](OCc3ccccc3)[C@@H]2C=O)cc1. The number of ether oxygens (including phenoxy) is 2. The van der Waals surface area contributed by atoms with Gasteiger partial charge in [0.25, 0.3) is 5.91 Å². The Labute approximate surface area is 140 Å². The first-order chi connectivity index (χ1) is 11.7. The fraction of sp³-hybridized carbons (Fsp3) is 0.263. The Morgan fingerprint density at radius 3 is 2.38 bits per heavy atom. The highest BCUT2D eigenvalue weighted by Gasteiger charge is 2.48. The van der Waals surface area contributed by atoms with Crippen molar-refractivity contribution in [3.8, 4) is 5.75 Å². The fourth-order valence-corrected chi connectivity index (χ4v) is 2.72. The smallest absolute Gasteiger partial charge is 0.255 e. The van der Waals surface area contributed by atoms with Gasteiger partial charge in [0, 0.05) is 6.54 Å². The van der Waals surface area contributed by atoms with Crippen LogP contribution in [0.1, 0.15) is 11.1 Å². The van der Waals surface area contributed by atoms with Gasteiger partial charge in [-0.1, -0.05) is 42.5 Å². The van der Waals surface area contributed by atoms with Crippen LogP contribution in [0.5, 0.6) is 5.75 Å². The van der Waals surface area contributed by atoms with Crippen molar-refractivity contribution in [2.24, 2.45) is 0 Å². The quantitative estimate of drug-likeness (QED) is 0.578. The summed E-state index contributed by atoms with van der Waals surface area (Å²) < 4.78 is 10.8. The zero-order valence-electron chi connectivity index (χ0n) is 13.4. The molecule has 5 nitrogen and oxygen atoms in total. The molecule has 0 radical (unpaired) electrons. The summed E-state index contributed by atoms with van der Waals surface area (Å²) >= 11 is 0. The van der Waals surface area contributed by atoms with Crippen molar-refractivity contribution >= 4 is 12.2 Å². The van der Waals surface area contributed by atoms with Crippen LogP contribution in [0.4, 0.5) is 0 Å². The van der Waals surface area contributed by atoms with Gasteiger partial charge in [0.2, 0.25) is 0 Å². The van der Waals surface area contributed by atoms with E-state index in [-0.39, 0.29) is 5.91 Å². The van der Waals surface area contributed by atoms with Gasteiger partial charge in [0.05, 0.1) is 13.7 Å². The van der Waals surface area contributed by atoms with Crippen LogP contribution in [0.2, 0.25) is 0 Å². The molecule has 2 aromatic rings. The Kier molecular flexibility index (Phi) is 4.91. The van der Waals surface area contributed by atoms with Crippen molar-refractivity contribution in [3.63, 3.8) is 0 Å². The molecule has 1 aliphatic rings. The molecular formula is C19H19NO4. The summed E-state index contributed by atoms with van der Waals surface area (Å²) in [5.41, 5.74) is 1.92. The third kappa shape index (κ3) is 3.31. The van der Waals surface area contributed by atoms with Crippen molar-refractivity contribution in [2.75, 3.05) is 7.11 Å². The minimum Gasteiger partial charge on any atom is -0.497 e. The number of carbonyl (C=O) groups is 2. The highest BCUT2D eigenvalue weighted by molar-refractivity contribution is 5.95. The van der Waals surface area contributed by atoms with Crippen molar-refractivity contribution in [1.82, 2.24) is 4.90 Å². The lowest BCUT2D eigenvalue weighted by Crippen LogP contribution is -2.65. The Hall–Kier alpha value is -2.66. The Morgan fingerprint density at radius 1 is 1.04 bits per heavy atom. The largest absolute Gasteiger partial charge is 0.497 e. The van der Waals surface area contributed by atoms with Gasteiger partial charge < -0.3 is 19.2 Å². The second-order valence-electron chi connectivity index (χ2n) is 5.66. The highest BCUT2D eigenvalue weighted by atomic mass is 16.5. The van der Waals surface area contributed by atoms with Crippen LogP contribution < -0.4 is 4.74 Å². The number of β-lactam (4-membered cyclic amide) rings is 1. The van der Waals surface area contributed by atoms with E-state index in [2.05, 4.69) is 0 Å². The number of aldehydes is 1. The lowest BCUT2D eigenvalue weighted by atomic mass is 9.98.